The average molecular weight is 298 g/mol. The van der Waals surface area contributed by atoms with Gasteiger partial charge in [0.15, 0.2) is 0 Å². The van der Waals surface area contributed by atoms with E-state index in [1.807, 2.05) is 19.3 Å². The number of nitrogens with zero attached hydrogens (tertiary/aromatic N) is 4. The maximum atomic E-state index is 8.42. The van der Waals surface area contributed by atoms with E-state index in [4.69, 9.17) is 5.48 Å². The lowest BCUT2D eigenvalue weighted by atomic mass is 10.0. The number of aryl methyl sites for hydroxylation is 1. The molecule has 0 aliphatic carbocycles. The molecule has 2 atom stereocenters. The van der Waals surface area contributed by atoms with Crippen LogP contribution in [0.2, 0.25) is 0 Å². The molecule has 0 fully saturated rings. The van der Waals surface area contributed by atoms with Crippen molar-refractivity contribution in [1.29, 1.82) is 0 Å². The van der Waals surface area contributed by atoms with Crippen molar-refractivity contribution in [2.75, 3.05) is 4.90 Å². The minimum Gasteiger partial charge on any atom is -0.353 e. The molecule has 0 saturated carbocycles. The van der Waals surface area contributed by atoms with E-state index in [2.05, 4.69) is 33.5 Å². The summed E-state index contributed by atoms with van der Waals surface area (Å²) in [6.07, 6.45) is 7.85. The van der Waals surface area contributed by atoms with Gasteiger partial charge < -0.3 is 14.4 Å². The molecule has 1 aromatic carbocycles. The van der Waals surface area contributed by atoms with Crippen molar-refractivity contribution in [2.24, 2.45) is 0 Å². The van der Waals surface area contributed by atoms with Crippen molar-refractivity contribution in [1.82, 2.24) is 14.5 Å². The van der Waals surface area contributed by atoms with E-state index < -0.39 is 12.9 Å². The number of hydrogen-bond donors (Lipinski definition) is 0. The second-order valence-corrected chi connectivity index (χ2v) is 5.95. The standard InChI is InChI=1S/C18H22N4/c1-12(2)20-9-10-21(14(20)4)18-13(3)5-6-16-15(18)11-17-19-7-8-22(16)17/h5-10,12,14H,11H2,1-4H3/t14-/m0/s1/i1D3,12D/t12?,14-. The van der Waals surface area contributed by atoms with Crippen LogP contribution in [-0.4, -0.2) is 26.6 Å². The van der Waals surface area contributed by atoms with Crippen LogP contribution in [-0.2, 0) is 6.42 Å². The lowest BCUT2D eigenvalue weighted by molar-refractivity contribution is 0.263. The Morgan fingerprint density at radius 3 is 3.09 bits per heavy atom. The van der Waals surface area contributed by atoms with Gasteiger partial charge in [-0.15, -0.1) is 0 Å². The summed E-state index contributed by atoms with van der Waals surface area (Å²) in [5, 5.41) is 0. The predicted molar refractivity (Wildman–Crippen MR) is 89.2 cm³/mol. The van der Waals surface area contributed by atoms with Crippen LogP contribution in [0.25, 0.3) is 5.69 Å². The van der Waals surface area contributed by atoms with Crippen LogP contribution in [0.3, 0.4) is 0 Å². The molecule has 4 nitrogen and oxygen atoms in total. The molecule has 4 heteroatoms. The number of rotatable bonds is 2. The van der Waals surface area contributed by atoms with Gasteiger partial charge in [0.2, 0.25) is 0 Å². The monoisotopic (exact) mass is 298 g/mol. The van der Waals surface area contributed by atoms with Gasteiger partial charge in [0.05, 0.1) is 12.7 Å². The highest BCUT2D eigenvalue weighted by molar-refractivity contribution is 5.71. The Kier molecular flexibility index (Phi) is 2.05. The molecule has 0 N–H and O–H groups in total. The zero-order valence-electron chi connectivity index (χ0n) is 17.0. The zero-order chi connectivity index (χ0) is 18.9. The highest BCUT2D eigenvalue weighted by Crippen LogP contribution is 2.39. The van der Waals surface area contributed by atoms with E-state index >= 15 is 0 Å². The largest absolute Gasteiger partial charge is 0.353 e. The first kappa shape index (κ1) is 9.72. The molecule has 4 rings (SSSR count). The van der Waals surface area contributed by atoms with Crippen LogP contribution in [0.5, 0.6) is 0 Å². The fourth-order valence-electron chi connectivity index (χ4n) is 3.52. The number of hydrogen-bond acceptors (Lipinski definition) is 3. The van der Waals surface area contributed by atoms with Crippen LogP contribution < -0.4 is 4.90 Å². The first-order valence-corrected chi connectivity index (χ1v) is 7.53. The number of fused-ring (bicyclic) bond motifs is 3. The van der Waals surface area contributed by atoms with Gasteiger partial charge >= 0.3 is 0 Å². The van der Waals surface area contributed by atoms with Gasteiger partial charge in [0.1, 0.15) is 12.0 Å². The third-order valence-corrected chi connectivity index (χ3v) is 4.61. The maximum Gasteiger partial charge on any atom is 0.117 e. The summed E-state index contributed by atoms with van der Waals surface area (Å²) in [5.74, 6) is 1.01. The van der Waals surface area contributed by atoms with Crippen molar-refractivity contribution in [3.63, 3.8) is 0 Å². The molecular formula is C18H22N4. The quantitative estimate of drug-likeness (QED) is 0.724. The second-order valence-electron chi connectivity index (χ2n) is 5.95. The van der Waals surface area contributed by atoms with E-state index in [1.165, 1.54) is 12.5 Å². The highest BCUT2D eigenvalue weighted by Gasteiger charge is 2.31. The summed E-state index contributed by atoms with van der Waals surface area (Å²) in [6, 6.07) is 2.48. The van der Waals surface area contributed by atoms with Crippen molar-refractivity contribution in [3.05, 3.63) is 53.9 Å². The van der Waals surface area contributed by atoms with Gasteiger partial charge in [-0.25, -0.2) is 4.98 Å². The van der Waals surface area contributed by atoms with E-state index in [-0.39, 0.29) is 6.17 Å². The lowest BCUT2D eigenvalue weighted by Crippen LogP contribution is -2.40. The maximum absolute atomic E-state index is 8.42. The summed E-state index contributed by atoms with van der Waals surface area (Å²) in [5.41, 5.74) is 4.49. The minimum absolute atomic E-state index is 0.268. The molecule has 114 valence electrons. The Morgan fingerprint density at radius 2 is 2.27 bits per heavy atom. The molecule has 2 aromatic rings. The van der Waals surface area contributed by atoms with Crippen molar-refractivity contribution in [3.8, 4) is 5.69 Å². The Hall–Kier alpha value is -2.23. The second kappa shape index (κ2) is 4.63. The Balaban J connectivity index is 1.74. The lowest BCUT2D eigenvalue weighted by Gasteiger charge is -2.34. The van der Waals surface area contributed by atoms with E-state index in [0.717, 1.165) is 29.2 Å². The van der Waals surface area contributed by atoms with Crippen LogP contribution in [0.15, 0.2) is 36.9 Å². The van der Waals surface area contributed by atoms with Crippen LogP contribution in [0.4, 0.5) is 5.69 Å². The van der Waals surface area contributed by atoms with Crippen LogP contribution >= 0.6 is 0 Å². The molecule has 0 amide bonds. The topological polar surface area (TPSA) is 24.3 Å². The number of benzene rings is 1. The summed E-state index contributed by atoms with van der Waals surface area (Å²) in [7, 11) is 0. The molecule has 0 bridgehead atoms. The van der Waals surface area contributed by atoms with Gasteiger partial charge in [0, 0.05) is 46.9 Å². The smallest absolute Gasteiger partial charge is 0.117 e. The van der Waals surface area contributed by atoms with E-state index in [9.17, 15) is 0 Å². The summed E-state index contributed by atoms with van der Waals surface area (Å²) >= 11 is 0. The molecule has 2 aliphatic heterocycles. The molecule has 1 unspecified atom stereocenters. The predicted octanol–water partition coefficient (Wildman–Crippen LogP) is 3.43. The highest BCUT2D eigenvalue weighted by atomic mass is 15.4. The Labute approximate surface area is 137 Å². The van der Waals surface area contributed by atoms with Crippen molar-refractivity contribution < 1.29 is 5.48 Å². The average Bonchev–Trinajstić information content (AvgIpc) is 3.21. The van der Waals surface area contributed by atoms with Gasteiger partial charge in [-0.05, 0) is 39.3 Å². The SMILES string of the molecule is [2H]C([2H])([2H])C([2H])(C)N1C=CN(c2c(C)ccc3c2Cc2nccn2-3)[C@H]1C. The van der Waals surface area contributed by atoms with E-state index in [1.54, 1.807) is 17.3 Å². The molecule has 0 saturated heterocycles. The minimum atomic E-state index is -2.41. The molecule has 1 aromatic heterocycles. The normalized spacial score (nSPS) is 25.1. The van der Waals surface area contributed by atoms with Crippen LogP contribution in [0, 0.1) is 6.92 Å². The van der Waals surface area contributed by atoms with Crippen molar-refractivity contribution >= 4 is 5.69 Å². The molecular weight excluding hydrogens is 272 g/mol. The molecule has 3 heterocycles. The third kappa shape index (κ3) is 1.73. The molecule has 2 aliphatic rings. The Morgan fingerprint density at radius 1 is 1.41 bits per heavy atom. The molecule has 0 radical (unpaired) electrons. The van der Waals surface area contributed by atoms with Crippen molar-refractivity contribution in [2.45, 2.75) is 46.2 Å². The summed E-state index contributed by atoms with van der Waals surface area (Å²) in [6.45, 7) is 3.04. The number of imidazole rings is 1. The van der Waals surface area contributed by atoms with Gasteiger partial charge in [-0.2, -0.15) is 0 Å². The fourth-order valence-corrected chi connectivity index (χ4v) is 3.52. The fraction of sp³-hybridized carbons (Fsp3) is 0.389. The zero-order valence-corrected chi connectivity index (χ0v) is 13.0. The van der Waals surface area contributed by atoms with Gasteiger partial charge in [-0.3, -0.25) is 0 Å². The Bertz CT molecular complexity index is 897. The molecule has 22 heavy (non-hydrogen) atoms. The van der Waals surface area contributed by atoms with Crippen LogP contribution in [0.1, 0.15) is 43.1 Å². The number of anilines is 1. The van der Waals surface area contributed by atoms with Gasteiger partial charge in [0.25, 0.3) is 0 Å². The summed E-state index contributed by atoms with van der Waals surface area (Å²) in [4.78, 5) is 8.10. The van der Waals surface area contributed by atoms with E-state index in [0.29, 0.717) is 0 Å². The molecule has 0 spiro atoms. The first-order chi connectivity index (χ1) is 12.1. The number of aromatic nitrogens is 2. The van der Waals surface area contributed by atoms with Gasteiger partial charge in [-0.1, -0.05) is 6.07 Å². The summed E-state index contributed by atoms with van der Waals surface area (Å²) < 4.78 is 33.7. The first-order valence-electron chi connectivity index (χ1n) is 9.53. The third-order valence-electron chi connectivity index (χ3n) is 4.61.